The topological polar surface area (TPSA) is 55.2 Å². The van der Waals surface area contributed by atoms with Crippen LogP contribution in [0, 0.1) is 0 Å². The molecule has 0 N–H and O–H groups in total. The summed E-state index contributed by atoms with van der Waals surface area (Å²) in [5, 5.41) is 0.526. The first-order chi connectivity index (χ1) is 12.1. The summed E-state index contributed by atoms with van der Waals surface area (Å²) in [6.45, 7) is 0.0429. The van der Waals surface area contributed by atoms with E-state index in [9.17, 15) is 9.59 Å². The molecule has 6 heteroatoms. The number of hydrogen-bond acceptors (Lipinski definition) is 3. The number of carbonyl (C=O) groups excluding carboxylic acids is 1. The fourth-order valence-corrected chi connectivity index (χ4v) is 3.89. The predicted molar refractivity (Wildman–Crippen MR) is 103 cm³/mol. The predicted octanol–water partition coefficient (Wildman–Crippen LogP) is 3.73. The zero-order chi connectivity index (χ0) is 17.8. The maximum atomic E-state index is 12.7. The Morgan fingerprint density at radius 3 is 2.64 bits per heavy atom. The first kappa shape index (κ1) is 18.1. The van der Waals surface area contributed by atoms with Gasteiger partial charge in [0.25, 0.3) is 5.56 Å². The highest BCUT2D eigenvalue weighted by Crippen LogP contribution is 2.21. The van der Waals surface area contributed by atoms with Crippen LogP contribution in [-0.2, 0) is 11.3 Å². The summed E-state index contributed by atoms with van der Waals surface area (Å²) in [6.07, 6.45) is 9.74. The van der Waals surface area contributed by atoms with Crippen LogP contribution in [0.25, 0.3) is 10.9 Å². The fourth-order valence-electron chi connectivity index (χ4n) is 3.53. The Morgan fingerprint density at radius 1 is 1.24 bits per heavy atom. The second-order valence-corrected chi connectivity index (χ2v) is 7.76. The Hall–Kier alpha value is -1.69. The lowest BCUT2D eigenvalue weighted by Crippen LogP contribution is -2.41. The lowest BCUT2D eigenvalue weighted by molar-refractivity contribution is -0.133. The minimum atomic E-state index is -0.175. The maximum Gasteiger partial charge on any atom is 0.261 e. The molecule has 1 heterocycles. The molecule has 25 heavy (non-hydrogen) atoms. The second kappa shape index (κ2) is 8.13. The molecule has 5 nitrogen and oxygen atoms in total. The summed E-state index contributed by atoms with van der Waals surface area (Å²) in [5.41, 5.74) is 0.469. The first-order valence-corrected chi connectivity index (χ1v) is 9.76. The van der Waals surface area contributed by atoms with Gasteiger partial charge in [-0.05, 0) is 31.0 Å². The molecule has 1 aliphatic rings. The largest absolute Gasteiger partial charge is 0.341 e. The summed E-state index contributed by atoms with van der Waals surface area (Å²) in [4.78, 5) is 31.5. The van der Waals surface area contributed by atoms with Gasteiger partial charge in [-0.1, -0.05) is 48.0 Å². The molecule has 0 aliphatic heterocycles. The van der Waals surface area contributed by atoms with E-state index in [2.05, 4.69) is 20.9 Å². The van der Waals surface area contributed by atoms with Crippen molar-refractivity contribution in [1.29, 1.82) is 0 Å². The number of fused-ring (bicyclic) bond motifs is 1. The molecule has 1 amide bonds. The summed E-state index contributed by atoms with van der Waals surface area (Å²) in [5.74, 6) is -0.0242. The number of likely N-dealkylation sites (N-methyl/N-ethyl adjacent to an activating group) is 1. The smallest absolute Gasteiger partial charge is 0.261 e. The van der Waals surface area contributed by atoms with E-state index in [0.717, 1.165) is 17.3 Å². The van der Waals surface area contributed by atoms with Crippen LogP contribution in [0.1, 0.15) is 44.9 Å². The molecule has 0 radical (unpaired) electrons. The van der Waals surface area contributed by atoms with Crippen LogP contribution in [0.3, 0.4) is 0 Å². The second-order valence-electron chi connectivity index (χ2n) is 6.84. The number of nitrogens with zero attached hydrogens (tertiary/aromatic N) is 3. The number of hydrogen-bond donors (Lipinski definition) is 0. The quantitative estimate of drug-likeness (QED) is 0.781. The van der Waals surface area contributed by atoms with E-state index in [4.69, 9.17) is 0 Å². The average Bonchev–Trinajstić information content (AvgIpc) is 2.57. The third-order valence-electron chi connectivity index (χ3n) is 5.11. The van der Waals surface area contributed by atoms with Gasteiger partial charge in [0.1, 0.15) is 6.54 Å². The molecular weight excluding hydrogens is 382 g/mol. The highest BCUT2D eigenvalue weighted by Gasteiger charge is 2.21. The Kier molecular flexibility index (Phi) is 5.89. The monoisotopic (exact) mass is 405 g/mol. The van der Waals surface area contributed by atoms with Gasteiger partial charge in [0, 0.05) is 17.6 Å². The van der Waals surface area contributed by atoms with E-state index >= 15 is 0 Å². The van der Waals surface area contributed by atoms with Gasteiger partial charge in [0.2, 0.25) is 5.91 Å². The average molecular weight is 406 g/mol. The van der Waals surface area contributed by atoms with Gasteiger partial charge >= 0.3 is 0 Å². The third kappa shape index (κ3) is 4.29. The van der Waals surface area contributed by atoms with Crippen LogP contribution in [-0.4, -0.2) is 33.4 Å². The van der Waals surface area contributed by atoms with Crippen LogP contribution < -0.4 is 5.56 Å². The Bertz CT molecular complexity index is 810. The molecule has 134 valence electrons. The normalized spacial score (nSPS) is 16.4. The van der Waals surface area contributed by atoms with Gasteiger partial charge in [0.15, 0.2) is 0 Å². The molecule has 0 spiro atoms. The lowest BCUT2D eigenvalue weighted by atomic mass is 9.96. The number of halogens is 1. The molecule has 0 atom stereocenters. The van der Waals surface area contributed by atoms with Gasteiger partial charge < -0.3 is 4.90 Å². The van der Waals surface area contributed by atoms with Crippen molar-refractivity contribution >= 4 is 32.7 Å². The molecule has 0 saturated heterocycles. The highest BCUT2D eigenvalue weighted by molar-refractivity contribution is 9.10. The van der Waals surface area contributed by atoms with Gasteiger partial charge in [-0.2, -0.15) is 0 Å². The fraction of sp³-hybridized carbons (Fsp3) is 0.526. The van der Waals surface area contributed by atoms with Gasteiger partial charge in [-0.3, -0.25) is 14.2 Å². The van der Waals surface area contributed by atoms with Crippen molar-refractivity contribution in [2.45, 2.75) is 57.5 Å². The van der Waals surface area contributed by atoms with Crippen LogP contribution in [0.4, 0.5) is 0 Å². The summed E-state index contributed by atoms with van der Waals surface area (Å²) in [6, 6.07) is 5.69. The zero-order valence-electron chi connectivity index (χ0n) is 14.6. The molecule has 1 aliphatic carbocycles. The van der Waals surface area contributed by atoms with Crippen molar-refractivity contribution in [1.82, 2.24) is 14.5 Å². The molecular formula is C19H24BrN3O2. The number of carbonyl (C=O) groups is 1. The highest BCUT2D eigenvalue weighted by atomic mass is 79.9. The minimum Gasteiger partial charge on any atom is -0.341 e. The van der Waals surface area contributed by atoms with Crippen LogP contribution in [0.15, 0.2) is 33.8 Å². The summed E-state index contributed by atoms with van der Waals surface area (Å²) >= 11 is 3.38. The Labute approximate surface area is 156 Å². The molecule has 2 aromatic rings. The molecule has 1 aromatic carbocycles. The summed E-state index contributed by atoms with van der Waals surface area (Å²) < 4.78 is 2.24. The van der Waals surface area contributed by atoms with E-state index in [1.54, 1.807) is 12.1 Å². The molecule has 0 bridgehead atoms. The van der Waals surface area contributed by atoms with Gasteiger partial charge in [-0.25, -0.2) is 4.98 Å². The van der Waals surface area contributed by atoms with E-state index in [1.807, 2.05) is 18.0 Å². The van der Waals surface area contributed by atoms with Crippen molar-refractivity contribution < 1.29 is 4.79 Å². The third-order valence-corrected chi connectivity index (χ3v) is 5.60. The lowest BCUT2D eigenvalue weighted by Gasteiger charge is -2.30. The summed E-state index contributed by atoms with van der Waals surface area (Å²) in [7, 11) is 1.87. The van der Waals surface area contributed by atoms with Gasteiger partial charge in [0.05, 0.1) is 17.2 Å². The molecule has 1 fully saturated rings. The molecule has 0 unspecified atom stereocenters. The number of aromatic nitrogens is 2. The first-order valence-electron chi connectivity index (χ1n) is 8.96. The Morgan fingerprint density at radius 2 is 1.92 bits per heavy atom. The standard InChI is InChI=1S/C19H24BrN3O2/c1-22(15-7-5-3-2-4-6-8-15)18(24)12-23-13-21-17-10-9-14(20)11-16(17)19(23)25/h9-11,13,15H,2-8,12H2,1H3. The minimum absolute atomic E-state index is 0.0242. The van der Waals surface area contributed by atoms with Gasteiger partial charge in [-0.15, -0.1) is 0 Å². The molecule has 1 saturated carbocycles. The molecule has 3 rings (SSSR count). The van der Waals surface area contributed by atoms with Crippen LogP contribution in [0.2, 0.25) is 0 Å². The van der Waals surface area contributed by atoms with E-state index in [-0.39, 0.29) is 24.1 Å². The van der Waals surface area contributed by atoms with Crippen LogP contribution in [0.5, 0.6) is 0 Å². The number of amides is 1. The van der Waals surface area contributed by atoms with E-state index < -0.39 is 0 Å². The Balaban J connectivity index is 1.76. The van der Waals surface area contributed by atoms with E-state index in [1.165, 1.54) is 43.0 Å². The van der Waals surface area contributed by atoms with Crippen molar-refractivity contribution in [3.63, 3.8) is 0 Å². The zero-order valence-corrected chi connectivity index (χ0v) is 16.2. The SMILES string of the molecule is CN(C(=O)Cn1cnc2ccc(Br)cc2c1=O)C1CCCCCCC1. The number of benzene rings is 1. The van der Waals surface area contributed by atoms with Crippen molar-refractivity contribution in [2.24, 2.45) is 0 Å². The molecule has 1 aromatic heterocycles. The maximum absolute atomic E-state index is 12.7. The van der Waals surface area contributed by atoms with Crippen LogP contribution >= 0.6 is 15.9 Å². The van der Waals surface area contributed by atoms with Crippen molar-refractivity contribution in [2.75, 3.05) is 7.05 Å². The van der Waals surface area contributed by atoms with Crippen molar-refractivity contribution in [3.05, 3.63) is 39.4 Å². The number of rotatable bonds is 3. The van der Waals surface area contributed by atoms with E-state index in [0.29, 0.717) is 10.9 Å². The van der Waals surface area contributed by atoms with Crippen molar-refractivity contribution in [3.8, 4) is 0 Å².